The molecule has 0 aromatic carbocycles. The Morgan fingerprint density at radius 3 is 2.67 bits per heavy atom. The van der Waals surface area contributed by atoms with Crippen LogP contribution in [-0.2, 0) is 0 Å². The summed E-state index contributed by atoms with van der Waals surface area (Å²) < 4.78 is 0. The molecule has 1 saturated heterocycles. The summed E-state index contributed by atoms with van der Waals surface area (Å²) in [5.74, 6) is -0.375. The smallest absolute Gasteiger partial charge is 0.356 e. The van der Waals surface area contributed by atoms with Gasteiger partial charge in [0.25, 0.3) is 0 Å². The second kappa shape index (κ2) is 5.77. The van der Waals surface area contributed by atoms with Crippen LogP contribution in [0.5, 0.6) is 0 Å². The monoisotopic (exact) mass is 250 g/mol. The summed E-state index contributed by atoms with van der Waals surface area (Å²) in [6.07, 6.45) is 4.06. The first-order valence-corrected chi connectivity index (χ1v) is 6.23. The Balaban J connectivity index is 2.01. The quantitative estimate of drug-likeness (QED) is 0.848. The number of carboxylic acids is 1. The number of carbonyl (C=O) groups is 1. The number of piperazine rings is 1. The molecule has 2 heterocycles. The largest absolute Gasteiger partial charge is 0.476 e. The minimum atomic E-state index is -1.03. The molecular weight excluding hydrogens is 232 g/mol. The molecule has 98 valence electrons. The Kier molecular flexibility index (Phi) is 4.09. The van der Waals surface area contributed by atoms with Crippen LogP contribution < -0.4 is 4.90 Å². The van der Waals surface area contributed by atoms with Crippen molar-refractivity contribution in [3.8, 4) is 0 Å². The van der Waals surface area contributed by atoms with E-state index in [9.17, 15) is 4.79 Å². The fraction of sp³-hybridized carbons (Fsp3) is 0.583. The van der Waals surface area contributed by atoms with Gasteiger partial charge in [0.2, 0.25) is 0 Å². The maximum Gasteiger partial charge on any atom is 0.356 e. The van der Waals surface area contributed by atoms with E-state index in [4.69, 9.17) is 5.11 Å². The van der Waals surface area contributed by atoms with Crippen LogP contribution in [0.3, 0.4) is 0 Å². The second-order valence-electron chi connectivity index (χ2n) is 4.40. The third kappa shape index (κ3) is 2.95. The molecule has 0 unspecified atom stereocenters. The third-order valence-electron chi connectivity index (χ3n) is 3.08. The van der Waals surface area contributed by atoms with Crippen molar-refractivity contribution in [2.24, 2.45) is 0 Å². The fourth-order valence-electron chi connectivity index (χ4n) is 2.13. The molecule has 1 aromatic heterocycles. The van der Waals surface area contributed by atoms with Gasteiger partial charge in [-0.05, 0) is 13.0 Å². The topological polar surface area (TPSA) is 69.6 Å². The molecule has 6 nitrogen and oxygen atoms in total. The van der Waals surface area contributed by atoms with E-state index in [2.05, 4.69) is 26.7 Å². The van der Waals surface area contributed by atoms with Gasteiger partial charge in [-0.25, -0.2) is 9.78 Å². The number of rotatable bonds is 4. The molecule has 1 aromatic rings. The van der Waals surface area contributed by atoms with E-state index in [-0.39, 0.29) is 5.69 Å². The summed E-state index contributed by atoms with van der Waals surface area (Å²) in [7, 11) is 0. The molecule has 0 atom stereocenters. The molecule has 0 amide bonds. The van der Waals surface area contributed by atoms with Gasteiger partial charge in [0, 0.05) is 26.2 Å². The summed E-state index contributed by atoms with van der Waals surface area (Å²) in [6.45, 7) is 7.03. The molecule has 1 aliphatic rings. The molecule has 0 spiro atoms. The van der Waals surface area contributed by atoms with Crippen molar-refractivity contribution < 1.29 is 9.90 Å². The lowest BCUT2D eigenvalue weighted by Crippen LogP contribution is -2.46. The lowest BCUT2D eigenvalue weighted by Gasteiger charge is -2.35. The molecular formula is C12H18N4O2. The number of aromatic nitrogens is 2. The van der Waals surface area contributed by atoms with Gasteiger partial charge in [0.05, 0.1) is 12.4 Å². The van der Waals surface area contributed by atoms with Crippen molar-refractivity contribution in [1.82, 2.24) is 14.9 Å². The SMILES string of the molecule is CCCN1CCN(c2cncc(C(=O)O)n2)CC1. The van der Waals surface area contributed by atoms with Gasteiger partial charge in [0.1, 0.15) is 5.82 Å². The predicted octanol–water partition coefficient (Wildman–Crippen LogP) is 0.707. The summed E-state index contributed by atoms with van der Waals surface area (Å²) >= 11 is 0. The van der Waals surface area contributed by atoms with E-state index in [0.717, 1.165) is 39.1 Å². The zero-order valence-corrected chi connectivity index (χ0v) is 10.5. The number of hydrogen-bond acceptors (Lipinski definition) is 5. The van der Waals surface area contributed by atoms with Gasteiger partial charge in [-0.15, -0.1) is 0 Å². The van der Waals surface area contributed by atoms with Crippen LogP contribution in [-0.4, -0.2) is 58.7 Å². The normalized spacial score (nSPS) is 16.8. The summed E-state index contributed by atoms with van der Waals surface area (Å²) in [4.78, 5) is 23.4. The maximum absolute atomic E-state index is 10.8. The van der Waals surface area contributed by atoms with Crippen LogP contribution in [0.2, 0.25) is 0 Å². The van der Waals surface area contributed by atoms with Crippen LogP contribution in [0.25, 0.3) is 0 Å². The molecule has 1 fully saturated rings. The van der Waals surface area contributed by atoms with Crippen molar-refractivity contribution >= 4 is 11.8 Å². The number of hydrogen-bond donors (Lipinski definition) is 1. The Morgan fingerprint density at radius 1 is 1.33 bits per heavy atom. The Labute approximate surface area is 106 Å². The van der Waals surface area contributed by atoms with Gasteiger partial charge in [0.15, 0.2) is 5.69 Å². The zero-order valence-electron chi connectivity index (χ0n) is 10.5. The first-order chi connectivity index (χ1) is 8.70. The van der Waals surface area contributed by atoms with Gasteiger partial charge >= 0.3 is 5.97 Å². The van der Waals surface area contributed by atoms with Crippen molar-refractivity contribution in [1.29, 1.82) is 0 Å². The first kappa shape index (κ1) is 12.8. The van der Waals surface area contributed by atoms with Crippen LogP contribution in [0.15, 0.2) is 12.4 Å². The predicted molar refractivity (Wildman–Crippen MR) is 67.9 cm³/mol. The Morgan fingerprint density at radius 2 is 2.06 bits per heavy atom. The van der Waals surface area contributed by atoms with Crippen molar-refractivity contribution in [3.05, 3.63) is 18.1 Å². The minimum absolute atomic E-state index is 0.00323. The number of carboxylic acid groups (broad SMARTS) is 1. The summed E-state index contributed by atoms with van der Waals surface area (Å²) in [6, 6.07) is 0. The van der Waals surface area contributed by atoms with Crippen LogP contribution >= 0.6 is 0 Å². The van der Waals surface area contributed by atoms with Gasteiger partial charge in [-0.1, -0.05) is 6.92 Å². The van der Waals surface area contributed by atoms with Crippen LogP contribution in [0.4, 0.5) is 5.82 Å². The van der Waals surface area contributed by atoms with Gasteiger partial charge in [-0.2, -0.15) is 0 Å². The highest BCUT2D eigenvalue weighted by Gasteiger charge is 2.18. The highest BCUT2D eigenvalue weighted by atomic mass is 16.4. The fourth-order valence-corrected chi connectivity index (χ4v) is 2.13. The molecule has 6 heteroatoms. The van der Waals surface area contributed by atoms with Crippen molar-refractivity contribution in [3.63, 3.8) is 0 Å². The van der Waals surface area contributed by atoms with Crippen LogP contribution in [0, 0.1) is 0 Å². The highest BCUT2D eigenvalue weighted by molar-refractivity contribution is 5.85. The summed E-state index contributed by atoms with van der Waals surface area (Å²) in [5.41, 5.74) is 0.00323. The average molecular weight is 250 g/mol. The van der Waals surface area contributed by atoms with E-state index >= 15 is 0 Å². The standard InChI is InChI=1S/C12H18N4O2/c1-2-3-15-4-6-16(7-5-15)11-9-13-8-10(14-11)12(17)18/h8-9H,2-7H2,1H3,(H,17,18). The van der Waals surface area contributed by atoms with Gasteiger partial charge in [-0.3, -0.25) is 9.88 Å². The van der Waals surface area contributed by atoms with E-state index in [1.807, 2.05) is 0 Å². The van der Waals surface area contributed by atoms with E-state index < -0.39 is 5.97 Å². The number of nitrogens with zero attached hydrogens (tertiary/aromatic N) is 4. The lowest BCUT2D eigenvalue weighted by atomic mass is 10.3. The molecule has 0 bridgehead atoms. The molecule has 0 aliphatic carbocycles. The Bertz CT molecular complexity index is 416. The zero-order chi connectivity index (χ0) is 13.0. The van der Waals surface area contributed by atoms with E-state index in [1.165, 1.54) is 6.20 Å². The molecule has 18 heavy (non-hydrogen) atoms. The second-order valence-corrected chi connectivity index (χ2v) is 4.40. The summed E-state index contributed by atoms with van der Waals surface area (Å²) in [5, 5.41) is 8.89. The molecule has 1 aliphatic heterocycles. The van der Waals surface area contributed by atoms with Crippen molar-refractivity contribution in [2.45, 2.75) is 13.3 Å². The third-order valence-corrected chi connectivity index (χ3v) is 3.08. The van der Waals surface area contributed by atoms with Crippen molar-refractivity contribution in [2.75, 3.05) is 37.6 Å². The minimum Gasteiger partial charge on any atom is -0.476 e. The lowest BCUT2D eigenvalue weighted by molar-refractivity contribution is 0.0690. The molecule has 2 rings (SSSR count). The molecule has 0 radical (unpaired) electrons. The maximum atomic E-state index is 10.8. The highest BCUT2D eigenvalue weighted by Crippen LogP contribution is 2.13. The van der Waals surface area contributed by atoms with Gasteiger partial charge < -0.3 is 10.0 Å². The van der Waals surface area contributed by atoms with E-state index in [1.54, 1.807) is 6.20 Å². The average Bonchev–Trinajstić information content (AvgIpc) is 2.40. The Hall–Kier alpha value is -1.69. The first-order valence-electron chi connectivity index (χ1n) is 6.23. The van der Waals surface area contributed by atoms with E-state index in [0.29, 0.717) is 5.82 Å². The molecule has 0 saturated carbocycles. The number of aromatic carboxylic acids is 1. The number of anilines is 1. The van der Waals surface area contributed by atoms with Crippen LogP contribution in [0.1, 0.15) is 23.8 Å². The molecule has 1 N–H and O–H groups in total.